The van der Waals surface area contributed by atoms with Crippen LogP contribution < -0.4 is 0 Å². The van der Waals surface area contributed by atoms with E-state index in [-0.39, 0.29) is 23.2 Å². The highest BCUT2D eigenvalue weighted by molar-refractivity contribution is 8.02. The van der Waals surface area contributed by atoms with Gasteiger partial charge >= 0.3 is 6.09 Å². The van der Waals surface area contributed by atoms with Crippen LogP contribution in [0.2, 0.25) is 0 Å². The molecule has 2 atom stereocenters. The average molecular weight is 255 g/mol. The van der Waals surface area contributed by atoms with Crippen LogP contribution in [0, 0.1) is 5.92 Å². The number of ketones is 1. The number of hydrogen-bond donors (Lipinski definition) is 0. The van der Waals surface area contributed by atoms with E-state index >= 15 is 0 Å². The van der Waals surface area contributed by atoms with Crippen LogP contribution in [0.1, 0.15) is 32.6 Å². The summed E-state index contributed by atoms with van der Waals surface area (Å²) in [5.41, 5.74) is 0. The van der Waals surface area contributed by atoms with Crippen LogP contribution in [-0.2, 0) is 9.53 Å². The van der Waals surface area contributed by atoms with Crippen molar-refractivity contribution in [1.82, 2.24) is 4.90 Å². The highest BCUT2D eigenvalue weighted by atomic mass is 32.2. The van der Waals surface area contributed by atoms with Crippen molar-refractivity contribution in [3.63, 3.8) is 0 Å². The summed E-state index contributed by atoms with van der Waals surface area (Å²) in [7, 11) is 0. The summed E-state index contributed by atoms with van der Waals surface area (Å²) < 4.78 is 4.99. The Kier molecular flexibility index (Phi) is 4.10. The second kappa shape index (κ2) is 5.58. The number of hydrogen-bond acceptors (Lipinski definition) is 4. The fraction of sp³-hybridized carbons (Fsp3) is 0.667. The third kappa shape index (κ3) is 2.65. The molecule has 2 unspecified atom stereocenters. The third-order valence-corrected chi connectivity index (χ3v) is 4.25. The Labute approximate surface area is 105 Å². The normalized spacial score (nSPS) is 28.5. The van der Waals surface area contributed by atoms with Crippen molar-refractivity contribution in [2.45, 2.75) is 38.0 Å². The molecule has 1 aliphatic carbocycles. The van der Waals surface area contributed by atoms with Gasteiger partial charge in [0.25, 0.3) is 0 Å². The van der Waals surface area contributed by atoms with E-state index in [0.717, 1.165) is 19.3 Å². The third-order valence-electron chi connectivity index (χ3n) is 3.14. The van der Waals surface area contributed by atoms with Crippen LogP contribution in [0.4, 0.5) is 4.79 Å². The molecular weight excluding hydrogens is 238 g/mol. The van der Waals surface area contributed by atoms with E-state index in [1.54, 1.807) is 18.0 Å². The first-order valence-electron chi connectivity index (χ1n) is 6.04. The van der Waals surface area contributed by atoms with Gasteiger partial charge in [-0.15, -0.1) is 11.8 Å². The fourth-order valence-electron chi connectivity index (χ4n) is 2.29. The number of rotatable bonds is 2. The molecule has 2 aliphatic rings. The van der Waals surface area contributed by atoms with Crippen molar-refractivity contribution < 1.29 is 14.3 Å². The molecule has 0 N–H and O–H groups in total. The lowest BCUT2D eigenvalue weighted by atomic mass is 9.87. The zero-order valence-corrected chi connectivity index (χ0v) is 10.7. The molecule has 1 heterocycles. The molecule has 1 fully saturated rings. The van der Waals surface area contributed by atoms with Crippen molar-refractivity contribution in [2.24, 2.45) is 5.92 Å². The molecule has 0 aromatic carbocycles. The predicted molar refractivity (Wildman–Crippen MR) is 66.3 cm³/mol. The lowest BCUT2D eigenvalue weighted by Crippen LogP contribution is -2.41. The highest BCUT2D eigenvalue weighted by Crippen LogP contribution is 2.37. The summed E-state index contributed by atoms with van der Waals surface area (Å²) in [6, 6.07) is 0. The summed E-state index contributed by atoms with van der Waals surface area (Å²) in [4.78, 5) is 25.2. The molecule has 1 aliphatic heterocycles. The van der Waals surface area contributed by atoms with E-state index in [0.29, 0.717) is 13.0 Å². The van der Waals surface area contributed by atoms with Crippen LogP contribution in [0.25, 0.3) is 0 Å². The molecule has 5 heteroatoms. The van der Waals surface area contributed by atoms with E-state index in [4.69, 9.17) is 4.74 Å². The van der Waals surface area contributed by atoms with Gasteiger partial charge in [0, 0.05) is 18.5 Å². The highest BCUT2D eigenvalue weighted by Gasteiger charge is 2.38. The van der Waals surface area contributed by atoms with Gasteiger partial charge in [-0.1, -0.05) is 6.42 Å². The van der Waals surface area contributed by atoms with Gasteiger partial charge in [0.15, 0.2) is 0 Å². The van der Waals surface area contributed by atoms with Crippen LogP contribution in [0.15, 0.2) is 11.6 Å². The Morgan fingerprint density at radius 2 is 2.41 bits per heavy atom. The van der Waals surface area contributed by atoms with Gasteiger partial charge in [-0.3, -0.25) is 9.69 Å². The number of carbonyl (C=O) groups excluding carboxylic acids is 2. The zero-order chi connectivity index (χ0) is 12.3. The summed E-state index contributed by atoms with van der Waals surface area (Å²) in [6.07, 6.45) is 4.96. The van der Waals surface area contributed by atoms with E-state index < -0.39 is 0 Å². The first-order chi connectivity index (χ1) is 8.24. The lowest BCUT2D eigenvalue weighted by molar-refractivity contribution is -0.125. The second-order valence-electron chi connectivity index (χ2n) is 4.24. The van der Waals surface area contributed by atoms with Gasteiger partial charge in [0.05, 0.1) is 12.0 Å². The Bertz CT molecular complexity index is 343. The van der Waals surface area contributed by atoms with Crippen molar-refractivity contribution in [2.75, 3.05) is 6.61 Å². The summed E-state index contributed by atoms with van der Waals surface area (Å²) in [6.45, 7) is 2.14. The Morgan fingerprint density at radius 3 is 3.12 bits per heavy atom. The first kappa shape index (κ1) is 12.5. The van der Waals surface area contributed by atoms with E-state index in [1.165, 1.54) is 11.8 Å². The van der Waals surface area contributed by atoms with Gasteiger partial charge < -0.3 is 4.74 Å². The molecule has 17 heavy (non-hydrogen) atoms. The minimum Gasteiger partial charge on any atom is -0.449 e. The second-order valence-corrected chi connectivity index (χ2v) is 5.26. The number of ether oxygens (including phenoxy) is 1. The molecule has 1 saturated carbocycles. The average Bonchev–Trinajstić information content (AvgIpc) is 2.79. The van der Waals surface area contributed by atoms with E-state index in [1.807, 2.05) is 5.41 Å². The van der Waals surface area contributed by atoms with Gasteiger partial charge in [-0.25, -0.2) is 4.79 Å². The van der Waals surface area contributed by atoms with Crippen molar-refractivity contribution in [1.29, 1.82) is 0 Å². The smallest absolute Gasteiger partial charge is 0.414 e. The molecule has 4 nitrogen and oxygen atoms in total. The maximum Gasteiger partial charge on any atom is 0.414 e. The van der Waals surface area contributed by atoms with Crippen molar-refractivity contribution in [3.05, 3.63) is 11.6 Å². The molecule has 0 aromatic rings. The van der Waals surface area contributed by atoms with Crippen LogP contribution in [-0.4, -0.2) is 28.8 Å². The molecule has 94 valence electrons. The van der Waals surface area contributed by atoms with Gasteiger partial charge in [-0.2, -0.15) is 0 Å². The molecule has 0 bridgehead atoms. The minimum absolute atomic E-state index is 0.0341. The summed E-state index contributed by atoms with van der Waals surface area (Å²) in [5.74, 6) is 0.250. The molecule has 0 saturated heterocycles. The summed E-state index contributed by atoms with van der Waals surface area (Å²) in [5, 5.41) is 1.77. The van der Waals surface area contributed by atoms with Gasteiger partial charge in [0.2, 0.25) is 0 Å². The molecule has 2 rings (SSSR count). The topological polar surface area (TPSA) is 46.6 Å². The number of thioether (sulfide) groups is 1. The van der Waals surface area contributed by atoms with E-state index in [9.17, 15) is 9.59 Å². The molecule has 0 aromatic heterocycles. The largest absolute Gasteiger partial charge is 0.449 e. The molecule has 1 amide bonds. The molecule has 0 spiro atoms. The van der Waals surface area contributed by atoms with Gasteiger partial charge in [-0.05, 0) is 25.2 Å². The number of Topliss-reactive ketones (excluding diaryl/α,β-unsaturated/α-hetero) is 1. The standard InChI is InChI=1S/C12H17NO3S/c1-2-16-12(15)13-7-8-17-11(13)9-5-3-4-6-10(9)14/h7-9,11H,2-6H2,1H3. The number of carbonyl (C=O) groups is 2. The zero-order valence-electron chi connectivity index (χ0n) is 9.93. The lowest BCUT2D eigenvalue weighted by Gasteiger charge is -2.31. The molecule has 0 radical (unpaired) electrons. The predicted octanol–water partition coefficient (Wildman–Crippen LogP) is 2.75. The minimum atomic E-state index is -0.350. The van der Waals surface area contributed by atoms with Gasteiger partial charge in [0.1, 0.15) is 5.78 Å². The maximum absolute atomic E-state index is 11.9. The van der Waals surface area contributed by atoms with E-state index in [2.05, 4.69) is 0 Å². The Morgan fingerprint density at radius 1 is 1.59 bits per heavy atom. The van der Waals surface area contributed by atoms with Crippen molar-refractivity contribution in [3.8, 4) is 0 Å². The Hall–Kier alpha value is -0.970. The first-order valence-corrected chi connectivity index (χ1v) is 6.98. The maximum atomic E-state index is 11.9. The summed E-state index contributed by atoms with van der Waals surface area (Å²) >= 11 is 1.54. The fourth-order valence-corrected chi connectivity index (χ4v) is 3.42. The van der Waals surface area contributed by atoms with Crippen LogP contribution >= 0.6 is 11.8 Å². The van der Waals surface area contributed by atoms with Crippen LogP contribution in [0.5, 0.6) is 0 Å². The van der Waals surface area contributed by atoms with Crippen molar-refractivity contribution >= 4 is 23.6 Å². The number of amides is 1. The monoisotopic (exact) mass is 255 g/mol. The number of nitrogens with zero attached hydrogens (tertiary/aromatic N) is 1. The quantitative estimate of drug-likeness (QED) is 0.761. The SMILES string of the molecule is CCOC(=O)N1C=CSC1C1CCCCC1=O. The Balaban J connectivity index is 2.04. The molecular formula is C12H17NO3S. The van der Waals surface area contributed by atoms with Crippen LogP contribution in [0.3, 0.4) is 0 Å².